The molecule has 4 heterocycles. The summed E-state index contributed by atoms with van der Waals surface area (Å²) in [6.07, 6.45) is 1.23. The number of carboxylic acids is 1. The number of carbonyl (C=O) groups is 2. The zero-order valence-corrected chi connectivity index (χ0v) is 17.9. The zero-order chi connectivity index (χ0) is 22.6. The molecule has 3 aromatic rings. The molecule has 0 spiro atoms. The molecule has 0 saturated carbocycles. The average Bonchev–Trinajstić information content (AvgIpc) is 3.32. The molecule has 0 bridgehead atoms. The van der Waals surface area contributed by atoms with E-state index in [9.17, 15) is 19.5 Å². The molecule has 0 aliphatic carbocycles. The van der Waals surface area contributed by atoms with Gasteiger partial charge in [0.1, 0.15) is 16.8 Å². The van der Waals surface area contributed by atoms with E-state index in [1.54, 1.807) is 27.9 Å². The summed E-state index contributed by atoms with van der Waals surface area (Å²) in [6.45, 7) is 1.67. The van der Waals surface area contributed by atoms with E-state index < -0.39 is 22.8 Å². The van der Waals surface area contributed by atoms with Crippen molar-refractivity contribution >= 4 is 39.8 Å². The van der Waals surface area contributed by atoms with Crippen molar-refractivity contribution < 1.29 is 23.8 Å². The van der Waals surface area contributed by atoms with Crippen molar-refractivity contribution in [3.8, 4) is 5.75 Å². The molecule has 0 unspecified atom stereocenters. The van der Waals surface area contributed by atoms with E-state index in [-0.39, 0.29) is 29.5 Å². The SMILES string of the molecule is CN1COc2c(N3CCN(C(=O)c4cccs4)CC3)c(F)cc3c(=O)c(C(=O)O)cn1c23. The van der Waals surface area contributed by atoms with Crippen LogP contribution in [0.25, 0.3) is 10.9 Å². The summed E-state index contributed by atoms with van der Waals surface area (Å²) in [6, 6.07) is 4.68. The first-order chi connectivity index (χ1) is 15.4. The van der Waals surface area contributed by atoms with Crippen molar-refractivity contribution in [1.29, 1.82) is 0 Å². The number of rotatable bonds is 3. The molecule has 2 aliphatic rings. The third kappa shape index (κ3) is 3.08. The Morgan fingerprint density at radius 3 is 2.62 bits per heavy atom. The minimum Gasteiger partial charge on any atom is -0.477 e. The Kier molecular flexibility index (Phi) is 4.77. The third-order valence-electron chi connectivity index (χ3n) is 5.76. The van der Waals surface area contributed by atoms with Gasteiger partial charge in [0.05, 0.1) is 10.3 Å². The molecular weight excluding hydrogens is 439 g/mol. The number of aromatic nitrogens is 1. The molecule has 1 fully saturated rings. The Morgan fingerprint density at radius 2 is 1.97 bits per heavy atom. The lowest BCUT2D eigenvalue weighted by Crippen LogP contribution is -2.49. The molecule has 1 N–H and O–H groups in total. The standard InChI is InChI=1S/C21H19FN4O5S/c1-23-11-31-19-16-12(18(27)13(21(29)30)10-26(16)23)9-14(22)17(19)24-4-6-25(7-5-24)20(28)15-3-2-8-32-15/h2-3,8-10H,4-7,11H2,1H3,(H,29,30). The Morgan fingerprint density at radius 1 is 1.22 bits per heavy atom. The number of carbonyl (C=O) groups excluding carboxylic acids is 1. The summed E-state index contributed by atoms with van der Waals surface area (Å²) >= 11 is 1.38. The Bertz CT molecular complexity index is 1300. The van der Waals surface area contributed by atoms with Crippen LogP contribution < -0.4 is 20.1 Å². The molecule has 5 rings (SSSR count). The summed E-state index contributed by atoms with van der Waals surface area (Å²) in [5.41, 5.74) is -0.668. The predicted molar refractivity (Wildman–Crippen MR) is 117 cm³/mol. The van der Waals surface area contributed by atoms with E-state index in [1.165, 1.54) is 22.2 Å². The second kappa shape index (κ2) is 7.52. The maximum atomic E-state index is 15.3. The first kappa shape index (κ1) is 20.3. The largest absolute Gasteiger partial charge is 0.477 e. The van der Waals surface area contributed by atoms with Gasteiger partial charge in [-0.3, -0.25) is 19.3 Å². The highest BCUT2D eigenvalue weighted by molar-refractivity contribution is 7.12. The van der Waals surface area contributed by atoms with E-state index in [0.717, 1.165) is 6.07 Å². The van der Waals surface area contributed by atoms with Crippen molar-refractivity contribution in [2.45, 2.75) is 0 Å². The average molecular weight is 458 g/mol. The number of carboxylic acid groups (broad SMARTS) is 1. The summed E-state index contributed by atoms with van der Waals surface area (Å²) in [5, 5.41) is 12.8. The normalized spacial score (nSPS) is 15.8. The number of piperazine rings is 1. The molecule has 9 nitrogen and oxygen atoms in total. The van der Waals surface area contributed by atoms with Gasteiger partial charge < -0.3 is 19.6 Å². The summed E-state index contributed by atoms with van der Waals surface area (Å²) < 4.78 is 22.6. The van der Waals surface area contributed by atoms with Gasteiger partial charge in [0.2, 0.25) is 5.43 Å². The van der Waals surface area contributed by atoms with Crippen LogP contribution in [0, 0.1) is 5.82 Å². The van der Waals surface area contributed by atoms with E-state index >= 15 is 4.39 Å². The molecule has 11 heteroatoms. The zero-order valence-electron chi connectivity index (χ0n) is 17.1. The van der Waals surface area contributed by atoms with Crippen LogP contribution in [0.1, 0.15) is 20.0 Å². The van der Waals surface area contributed by atoms with Gasteiger partial charge in [0.15, 0.2) is 18.3 Å². The number of hydrogen-bond donors (Lipinski definition) is 1. The number of hydrogen-bond acceptors (Lipinski definition) is 7. The van der Waals surface area contributed by atoms with Crippen molar-refractivity contribution in [3.05, 3.63) is 56.3 Å². The molecule has 1 saturated heterocycles. The second-order valence-corrected chi connectivity index (χ2v) is 8.59. The number of benzene rings is 1. The van der Waals surface area contributed by atoms with Crippen molar-refractivity contribution in [3.63, 3.8) is 0 Å². The van der Waals surface area contributed by atoms with Crippen molar-refractivity contribution in [1.82, 2.24) is 9.58 Å². The van der Waals surface area contributed by atoms with Gasteiger partial charge in [0, 0.05) is 39.4 Å². The maximum absolute atomic E-state index is 15.3. The number of amides is 1. The van der Waals surface area contributed by atoms with Crippen LogP contribution in [-0.4, -0.2) is 66.5 Å². The number of nitrogens with zero attached hydrogens (tertiary/aromatic N) is 4. The van der Waals surface area contributed by atoms with Crippen LogP contribution in [0.15, 0.2) is 34.6 Å². The van der Waals surface area contributed by atoms with Crippen LogP contribution in [0.4, 0.5) is 10.1 Å². The summed E-state index contributed by atoms with van der Waals surface area (Å²) in [4.78, 5) is 41.0. The Labute approximate surface area is 185 Å². The Balaban J connectivity index is 1.54. The number of halogens is 1. The molecule has 32 heavy (non-hydrogen) atoms. The fourth-order valence-corrected chi connectivity index (χ4v) is 4.85. The minimum absolute atomic E-state index is 0.0483. The van der Waals surface area contributed by atoms with Gasteiger partial charge in [-0.1, -0.05) is 6.07 Å². The number of aromatic carboxylic acids is 1. The minimum atomic E-state index is -1.38. The highest BCUT2D eigenvalue weighted by atomic mass is 32.1. The lowest BCUT2D eigenvalue weighted by molar-refractivity contribution is 0.0693. The number of ether oxygens (including phenoxy) is 1. The molecule has 0 atom stereocenters. The van der Waals surface area contributed by atoms with Crippen LogP contribution in [0.3, 0.4) is 0 Å². The molecular formula is C21H19FN4O5S. The van der Waals surface area contributed by atoms with Gasteiger partial charge >= 0.3 is 5.97 Å². The monoisotopic (exact) mass is 458 g/mol. The smallest absolute Gasteiger partial charge is 0.341 e. The maximum Gasteiger partial charge on any atom is 0.341 e. The lowest BCUT2D eigenvalue weighted by atomic mass is 10.1. The topological polar surface area (TPSA) is 95.3 Å². The van der Waals surface area contributed by atoms with Gasteiger partial charge in [-0.05, 0) is 17.5 Å². The van der Waals surface area contributed by atoms with E-state index in [1.807, 2.05) is 11.4 Å². The molecule has 2 aliphatic heterocycles. The fraction of sp³-hybridized carbons (Fsp3) is 0.286. The van der Waals surface area contributed by atoms with E-state index in [2.05, 4.69) is 0 Å². The quantitative estimate of drug-likeness (QED) is 0.639. The summed E-state index contributed by atoms with van der Waals surface area (Å²) in [5.74, 6) is -1.89. The highest BCUT2D eigenvalue weighted by Crippen LogP contribution is 2.40. The van der Waals surface area contributed by atoms with Crippen LogP contribution in [0.2, 0.25) is 0 Å². The highest BCUT2D eigenvalue weighted by Gasteiger charge is 2.31. The first-order valence-electron chi connectivity index (χ1n) is 9.94. The van der Waals surface area contributed by atoms with E-state index in [4.69, 9.17) is 4.74 Å². The molecule has 1 amide bonds. The molecule has 2 aromatic heterocycles. The van der Waals surface area contributed by atoms with Crippen LogP contribution in [-0.2, 0) is 0 Å². The van der Waals surface area contributed by atoms with Crippen LogP contribution >= 0.6 is 11.3 Å². The lowest BCUT2D eigenvalue weighted by Gasteiger charge is -2.38. The van der Waals surface area contributed by atoms with Gasteiger partial charge in [0.25, 0.3) is 5.91 Å². The first-order valence-corrected chi connectivity index (χ1v) is 10.8. The fourth-order valence-electron chi connectivity index (χ4n) is 4.16. The number of thiophene rings is 1. The Hall–Kier alpha value is -3.60. The predicted octanol–water partition coefficient (Wildman–Crippen LogP) is 1.78. The van der Waals surface area contributed by atoms with Crippen molar-refractivity contribution in [2.75, 3.05) is 49.9 Å². The van der Waals surface area contributed by atoms with Crippen molar-refractivity contribution in [2.24, 2.45) is 0 Å². The third-order valence-corrected chi connectivity index (χ3v) is 6.62. The summed E-state index contributed by atoms with van der Waals surface area (Å²) in [7, 11) is 1.68. The molecule has 166 valence electrons. The second-order valence-electron chi connectivity index (χ2n) is 7.64. The number of anilines is 1. The van der Waals surface area contributed by atoms with Crippen LogP contribution in [0.5, 0.6) is 5.75 Å². The molecule has 0 radical (unpaired) electrons. The molecule has 1 aromatic carbocycles. The number of pyridine rings is 1. The van der Waals surface area contributed by atoms with Gasteiger partial charge in [-0.15, -0.1) is 11.3 Å². The van der Waals surface area contributed by atoms with Gasteiger partial charge in [-0.25, -0.2) is 9.18 Å². The van der Waals surface area contributed by atoms with E-state index in [0.29, 0.717) is 36.6 Å². The van der Waals surface area contributed by atoms with Gasteiger partial charge in [-0.2, -0.15) is 0 Å².